The van der Waals surface area contributed by atoms with Crippen LogP contribution in [-0.2, 0) is 11.2 Å². The number of para-hydroxylation sites is 1. The van der Waals surface area contributed by atoms with Gasteiger partial charge in [-0.2, -0.15) is 0 Å². The molecule has 0 bridgehead atoms. The fraction of sp³-hybridized carbons (Fsp3) is 0.316. The molecule has 1 unspecified atom stereocenters. The normalized spacial score (nSPS) is 17.2. The number of amides is 1. The lowest BCUT2D eigenvalue weighted by atomic mass is 9.93. The van der Waals surface area contributed by atoms with Gasteiger partial charge in [-0.05, 0) is 43.9 Å². The van der Waals surface area contributed by atoms with Crippen molar-refractivity contribution in [2.24, 2.45) is 0 Å². The summed E-state index contributed by atoms with van der Waals surface area (Å²) in [4.78, 5) is 14.2. The van der Waals surface area contributed by atoms with E-state index in [0.717, 1.165) is 18.5 Å². The van der Waals surface area contributed by atoms with Crippen molar-refractivity contribution in [3.8, 4) is 0 Å². The molecule has 2 heteroatoms. The molecular weight excluding hydrogens is 258 g/mol. The number of benzene rings is 2. The Morgan fingerprint density at radius 2 is 1.71 bits per heavy atom. The first-order valence-electron chi connectivity index (χ1n) is 7.50. The van der Waals surface area contributed by atoms with E-state index >= 15 is 0 Å². The van der Waals surface area contributed by atoms with Gasteiger partial charge in [0.05, 0.1) is 5.92 Å². The number of fused-ring (bicyclic) bond motifs is 1. The molecule has 21 heavy (non-hydrogen) atoms. The number of aryl methyl sites for hydroxylation is 3. The average Bonchev–Trinajstić information content (AvgIpc) is 2.69. The van der Waals surface area contributed by atoms with Crippen molar-refractivity contribution in [1.29, 1.82) is 0 Å². The van der Waals surface area contributed by atoms with Crippen LogP contribution >= 0.6 is 0 Å². The van der Waals surface area contributed by atoms with Crippen LogP contribution in [0.25, 0.3) is 0 Å². The van der Waals surface area contributed by atoms with Gasteiger partial charge < -0.3 is 4.90 Å². The van der Waals surface area contributed by atoms with Gasteiger partial charge in [-0.25, -0.2) is 0 Å². The Morgan fingerprint density at radius 3 is 2.43 bits per heavy atom. The van der Waals surface area contributed by atoms with Crippen LogP contribution in [0.1, 0.15) is 34.6 Å². The fourth-order valence-electron chi connectivity index (χ4n) is 3.38. The first-order valence-corrected chi connectivity index (χ1v) is 7.50. The van der Waals surface area contributed by atoms with Crippen molar-refractivity contribution in [2.75, 3.05) is 11.9 Å². The third-order valence-electron chi connectivity index (χ3n) is 4.31. The van der Waals surface area contributed by atoms with Gasteiger partial charge in [0, 0.05) is 12.7 Å². The highest BCUT2D eigenvalue weighted by Gasteiger charge is 2.34. The van der Waals surface area contributed by atoms with E-state index in [2.05, 4.69) is 38.1 Å². The second kappa shape index (κ2) is 5.36. The SMILES string of the molecule is Cc1cc(C)cc(CCC2C(=O)N(C)c3ccccc32)c1. The lowest BCUT2D eigenvalue weighted by molar-refractivity contribution is -0.119. The van der Waals surface area contributed by atoms with Gasteiger partial charge in [0.1, 0.15) is 0 Å². The summed E-state index contributed by atoms with van der Waals surface area (Å²) in [6, 6.07) is 14.8. The molecule has 0 N–H and O–H groups in total. The lowest BCUT2D eigenvalue weighted by Gasteiger charge is -2.12. The number of rotatable bonds is 3. The summed E-state index contributed by atoms with van der Waals surface area (Å²) in [6.45, 7) is 4.25. The molecule has 0 aliphatic carbocycles. The van der Waals surface area contributed by atoms with Crippen molar-refractivity contribution >= 4 is 11.6 Å². The van der Waals surface area contributed by atoms with Crippen LogP contribution in [0.5, 0.6) is 0 Å². The summed E-state index contributed by atoms with van der Waals surface area (Å²) in [7, 11) is 1.87. The van der Waals surface area contributed by atoms with E-state index in [9.17, 15) is 4.79 Å². The highest BCUT2D eigenvalue weighted by atomic mass is 16.2. The summed E-state index contributed by atoms with van der Waals surface area (Å²) < 4.78 is 0. The van der Waals surface area contributed by atoms with Crippen LogP contribution in [0.4, 0.5) is 5.69 Å². The summed E-state index contributed by atoms with van der Waals surface area (Å²) in [6.07, 6.45) is 1.82. The van der Waals surface area contributed by atoms with Gasteiger partial charge in [-0.15, -0.1) is 0 Å². The number of carbonyl (C=O) groups excluding carboxylic acids is 1. The van der Waals surface area contributed by atoms with E-state index in [0.29, 0.717) is 0 Å². The van der Waals surface area contributed by atoms with Crippen molar-refractivity contribution in [2.45, 2.75) is 32.6 Å². The van der Waals surface area contributed by atoms with Gasteiger partial charge in [-0.1, -0.05) is 47.5 Å². The highest BCUT2D eigenvalue weighted by Crippen LogP contribution is 2.38. The molecule has 0 radical (unpaired) electrons. The van der Waals surface area contributed by atoms with E-state index in [4.69, 9.17) is 0 Å². The zero-order chi connectivity index (χ0) is 15.0. The number of carbonyl (C=O) groups is 1. The first-order chi connectivity index (χ1) is 10.1. The summed E-state index contributed by atoms with van der Waals surface area (Å²) in [5, 5.41) is 0. The van der Waals surface area contributed by atoms with Gasteiger partial charge in [0.15, 0.2) is 0 Å². The molecule has 3 rings (SSSR count). The van der Waals surface area contributed by atoms with E-state index < -0.39 is 0 Å². The van der Waals surface area contributed by atoms with Crippen LogP contribution in [0.2, 0.25) is 0 Å². The number of anilines is 1. The fourth-order valence-corrected chi connectivity index (χ4v) is 3.38. The van der Waals surface area contributed by atoms with Crippen LogP contribution in [-0.4, -0.2) is 13.0 Å². The second-order valence-corrected chi connectivity index (χ2v) is 6.04. The number of hydrogen-bond acceptors (Lipinski definition) is 1. The molecular formula is C19H21NO. The van der Waals surface area contributed by atoms with E-state index in [1.807, 2.05) is 25.2 Å². The predicted molar refractivity (Wildman–Crippen MR) is 86.8 cm³/mol. The van der Waals surface area contributed by atoms with E-state index in [1.54, 1.807) is 4.90 Å². The molecule has 1 atom stereocenters. The maximum absolute atomic E-state index is 12.4. The predicted octanol–water partition coefficient (Wildman–Crippen LogP) is 4.00. The smallest absolute Gasteiger partial charge is 0.234 e. The molecule has 0 spiro atoms. The average molecular weight is 279 g/mol. The molecule has 1 aliphatic rings. The van der Waals surface area contributed by atoms with Crippen LogP contribution < -0.4 is 4.90 Å². The Labute approximate surface area is 126 Å². The molecule has 1 aliphatic heterocycles. The molecule has 0 saturated carbocycles. The molecule has 0 saturated heterocycles. The minimum atomic E-state index is 0.00650. The van der Waals surface area contributed by atoms with Gasteiger partial charge in [0.2, 0.25) is 5.91 Å². The Kier molecular flexibility index (Phi) is 3.54. The molecule has 1 heterocycles. The Bertz CT molecular complexity index is 669. The molecule has 108 valence electrons. The maximum Gasteiger partial charge on any atom is 0.234 e. The Morgan fingerprint density at radius 1 is 1.05 bits per heavy atom. The first kappa shape index (κ1) is 13.9. The van der Waals surface area contributed by atoms with Crippen molar-refractivity contribution < 1.29 is 4.79 Å². The molecule has 2 aromatic carbocycles. The minimum absolute atomic E-state index is 0.00650. The standard InChI is InChI=1S/C19H21NO/c1-13-10-14(2)12-15(11-13)8-9-17-16-6-4-5-7-18(16)20(3)19(17)21/h4-7,10-12,17H,8-9H2,1-3H3. The summed E-state index contributed by atoms with van der Waals surface area (Å²) >= 11 is 0. The van der Waals surface area contributed by atoms with Crippen LogP contribution in [0, 0.1) is 13.8 Å². The van der Waals surface area contributed by atoms with E-state index in [1.165, 1.54) is 22.3 Å². The van der Waals surface area contributed by atoms with Gasteiger partial charge in [0.25, 0.3) is 0 Å². The third kappa shape index (κ3) is 2.58. The minimum Gasteiger partial charge on any atom is -0.315 e. The molecule has 2 nitrogen and oxygen atoms in total. The number of likely N-dealkylation sites (N-methyl/N-ethyl adjacent to an activating group) is 1. The quantitative estimate of drug-likeness (QED) is 0.831. The highest BCUT2D eigenvalue weighted by molar-refractivity contribution is 6.04. The Hall–Kier alpha value is -2.09. The summed E-state index contributed by atoms with van der Waals surface area (Å²) in [5.41, 5.74) is 6.15. The molecule has 2 aromatic rings. The third-order valence-corrected chi connectivity index (χ3v) is 4.31. The van der Waals surface area contributed by atoms with E-state index in [-0.39, 0.29) is 11.8 Å². The van der Waals surface area contributed by atoms with Gasteiger partial charge in [-0.3, -0.25) is 4.79 Å². The molecule has 1 amide bonds. The molecule has 0 aromatic heterocycles. The number of nitrogens with zero attached hydrogens (tertiary/aromatic N) is 1. The monoisotopic (exact) mass is 279 g/mol. The Balaban J connectivity index is 1.81. The zero-order valence-corrected chi connectivity index (χ0v) is 12.9. The largest absolute Gasteiger partial charge is 0.315 e. The van der Waals surface area contributed by atoms with Crippen LogP contribution in [0.3, 0.4) is 0 Å². The lowest BCUT2D eigenvalue weighted by Crippen LogP contribution is -2.24. The topological polar surface area (TPSA) is 20.3 Å². The zero-order valence-electron chi connectivity index (χ0n) is 12.9. The van der Waals surface area contributed by atoms with Crippen molar-refractivity contribution in [3.05, 3.63) is 64.7 Å². The van der Waals surface area contributed by atoms with Crippen LogP contribution in [0.15, 0.2) is 42.5 Å². The second-order valence-electron chi connectivity index (χ2n) is 6.04. The molecule has 0 fully saturated rings. The van der Waals surface area contributed by atoms with Crippen molar-refractivity contribution in [3.63, 3.8) is 0 Å². The van der Waals surface area contributed by atoms with Gasteiger partial charge >= 0.3 is 0 Å². The summed E-state index contributed by atoms with van der Waals surface area (Å²) in [5.74, 6) is 0.229. The van der Waals surface area contributed by atoms with Crippen molar-refractivity contribution in [1.82, 2.24) is 0 Å². The maximum atomic E-state index is 12.4. The number of hydrogen-bond donors (Lipinski definition) is 0.